The van der Waals surface area contributed by atoms with Gasteiger partial charge in [-0.05, 0) is 41.7 Å². The van der Waals surface area contributed by atoms with Crippen LogP contribution < -0.4 is 14.9 Å². The molecule has 2 aliphatic rings. The molecule has 0 saturated heterocycles. The first-order valence-corrected chi connectivity index (χ1v) is 12.3. The van der Waals surface area contributed by atoms with Crippen LogP contribution in [0.2, 0.25) is 5.02 Å². The van der Waals surface area contributed by atoms with Crippen molar-refractivity contribution in [2.45, 2.75) is 18.9 Å². The van der Waals surface area contributed by atoms with Gasteiger partial charge in [0.1, 0.15) is 0 Å². The van der Waals surface area contributed by atoms with Crippen molar-refractivity contribution in [3.63, 3.8) is 0 Å². The third-order valence-corrected chi connectivity index (χ3v) is 7.79. The monoisotopic (exact) mass is 499 g/mol. The second-order valence-corrected chi connectivity index (χ2v) is 9.90. The number of allylic oxidation sites excluding steroid dienone is 1. The van der Waals surface area contributed by atoms with Crippen molar-refractivity contribution >= 4 is 40.4 Å². The SMILES string of the molecule is O=c1c(=Cc2cc([N+](=O)[O-])ccc2Cl)sc2n1C(c1ccccc1)C1=C(N=2)c2ccccc2CC1. The van der Waals surface area contributed by atoms with E-state index in [1.165, 1.54) is 35.1 Å². The molecule has 1 unspecified atom stereocenters. The number of non-ortho nitro benzene ring substituents is 1. The largest absolute Gasteiger partial charge is 0.272 e. The number of nitrogens with zero attached hydrogens (tertiary/aromatic N) is 3. The molecule has 0 fully saturated rings. The molecule has 1 aromatic heterocycles. The van der Waals surface area contributed by atoms with Crippen molar-refractivity contribution in [1.82, 2.24) is 4.57 Å². The fourth-order valence-corrected chi connectivity index (χ4v) is 6.02. The van der Waals surface area contributed by atoms with Crippen molar-refractivity contribution in [3.8, 4) is 0 Å². The number of rotatable bonds is 3. The van der Waals surface area contributed by atoms with Crippen LogP contribution in [0.1, 0.15) is 34.7 Å². The minimum Gasteiger partial charge on any atom is -0.272 e. The third kappa shape index (κ3) is 3.64. The summed E-state index contributed by atoms with van der Waals surface area (Å²) >= 11 is 7.59. The Hall–Kier alpha value is -3.81. The lowest BCUT2D eigenvalue weighted by molar-refractivity contribution is -0.384. The van der Waals surface area contributed by atoms with E-state index in [2.05, 4.69) is 12.1 Å². The molecule has 0 bridgehead atoms. The van der Waals surface area contributed by atoms with Gasteiger partial charge in [0, 0.05) is 28.3 Å². The fourth-order valence-electron chi connectivity index (χ4n) is 4.85. The molecule has 1 atom stereocenters. The number of thiazole rings is 1. The number of nitro benzene ring substituents is 1. The number of aromatic nitrogens is 1. The molecular formula is C27H18ClN3O3S. The number of hydrogen-bond acceptors (Lipinski definition) is 5. The average Bonchev–Trinajstić information content (AvgIpc) is 3.18. The van der Waals surface area contributed by atoms with E-state index in [0.29, 0.717) is 19.9 Å². The van der Waals surface area contributed by atoms with Gasteiger partial charge >= 0.3 is 0 Å². The normalized spacial score (nSPS) is 16.8. The average molecular weight is 500 g/mol. The predicted octanol–water partition coefficient (Wildman–Crippen LogP) is 4.88. The van der Waals surface area contributed by atoms with Crippen molar-refractivity contribution in [1.29, 1.82) is 0 Å². The minimum atomic E-state index is -0.476. The van der Waals surface area contributed by atoms with Crippen LogP contribution in [0, 0.1) is 10.1 Å². The first-order valence-electron chi connectivity index (χ1n) is 11.1. The second-order valence-electron chi connectivity index (χ2n) is 8.49. The Kier molecular flexibility index (Phi) is 5.24. The van der Waals surface area contributed by atoms with Gasteiger partial charge in [0.05, 0.1) is 21.2 Å². The summed E-state index contributed by atoms with van der Waals surface area (Å²) in [5.74, 6) is 0. The number of fused-ring (bicyclic) bond motifs is 3. The zero-order valence-electron chi connectivity index (χ0n) is 18.3. The summed E-state index contributed by atoms with van der Waals surface area (Å²) in [6.07, 6.45) is 3.33. The molecule has 8 heteroatoms. The molecular weight excluding hydrogens is 482 g/mol. The smallest absolute Gasteiger partial charge is 0.271 e. The highest BCUT2D eigenvalue weighted by atomic mass is 35.5. The van der Waals surface area contributed by atoms with E-state index in [0.717, 1.165) is 35.2 Å². The van der Waals surface area contributed by atoms with Crippen molar-refractivity contribution in [2.24, 2.45) is 4.99 Å². The topological polar surface area (TPSA) is 77.5 Å². The van der Waals surface area contributed by atoms with E-state index in [-0.39, 0.29) is 17.3 Å². The van der Waals surface area contributed by atoms with Gasteiger partial charge in [0.2, 0.25) is 0 Å². The number of nitro groups is 1. The van der Waals surface area contributed by atoms with Crippen LogP contribution in [0.5, 0.6) is 0 Å². The van der Waals surface area contributed by atoms with Crippen LogP contribution in [0.15, 0.2) is 88.2 Å². The van der Waals surface area contributed by atoms with Gasteiger partial charge in [0.25, 0.3) is 11.2 Å². The van der Waals surface area contributed by atoms with Crippen LogP contribution >= 0.6 is 22.9 Å². The van der Waals surface area contributed by atoms with Crippen LogP contribution in [-0.4, -0.2) is 9.49 Å². The summed E-state index contributed by atoms with van der Waals surface area (Å²) in [5.41, 5.74) is 5.60. The van der Waals surface area contributed by atoms with E-state index in [1.807, 2.05) is 42.5 Å². The number of aryl methyl sites for hydroxylation is 1. The van der Waals surface area contributed by atoms with Crippen molar-refractivity contribution < 1.29 is 4.92 Å². The standard InChI is InChI=1S/C27H18ClN3O3S/c28-22-13-11-19(31(33)34)14-18(22)15-23-26(32)30-25(17-7-2-1-3-8-17)21-12-10-16-6-4-5-9-20(16)24(21)29-27(30)35-23/h1-9,11,13-15,25H,10,12H2. The van der Waals surface area contributed by atoms with Crippen molar-refractivity contribution in [3.05, 3.63) is 135 Å². The lowest BCUT2D eigenvalue weighted by Gasteiger charge is -2.30. The van der Waals surface area contributed by atoms with Crippen LogP contribution in [-0.2, 0) is 6.42 Å². The molecule has 172 valence electrons. The Labute approximate surface area is 208 Å². The van der Waals surface area contributed by atoms with E-state index >= 15 is 0 Å². The molecule has 0 N–H and O–H groups in total. The van der Waals surface area contributed by atoms with Crippen LogP contribution in [0.25, 0.3) is 11.8 Å². The molecule has 6 rings (SSSR count). The zero-order chi connectivity index (χ0) is 24.1. The Bertz CT molecular complexity index is 1720. The number of benzene rings is 3. The van der Waals surface area contributed by atoms with Gasteiger partial charge in [-0.3, -0.25) is 19.5 Å². The maximum atomic E-state index is 13.7. The Morgan fingerprint density at radius 1 is 1.06 bits per heavy atom. The molecule has 2 heterocycles. The molecule has 1 aliphatic heterocycles. The van der Waals surface area contributed by atoms with Crippen LogP contribution in [0.3, 0.4) is 0 Å². The number of halogens is 1. The Morgan fingerprint density at radius 3 is 2.63 bits per heavy atom. The highest BCUT2D eigenvalue weighted by Crippen LogP contribution is 2.41. The Morgan fingerprint density at radius 2 is 1.83 bits per heavy atom. The van der Waals surface area contributed by atoms with Gasteiger partial charge in [-0.25, -0.2) is 4.99 Å². The van der Waals surface area contributed by atoms with Gasteiger partial charge in [0.15, 0.2) is 4.80 Å². The summed E-state index contributed by atoms with van der Waals surface area (Å²) in [7, 11) is 0. The molecule has 0 amide bonds. The lowest BCUT2D eigenvalue weighted by atomic mass is 9.83. The Balaban J connectivity index is 1.62. The molecule has 4 aromatic rings. The molecule has 3 aromatic carbocycles. The molecule has 1 aliphatic carbocycles. The summed E-state index contributed by atoms with van der Waals surface area (Å²) in [4.78, 5) is 30.1. The van der Waals surface area contributed by atoms with Gasteiger partial charge in [-0.2, -0.15) is 0 Å². The molecule has 6 nitrogen and oxygen atoms in total. The molecule has 0 spiro atoms. The maximum Gasteiger partial charge on any atom is 0.271 e. The summed E-state index contributed by atoms with van der Waals surface area (Å²) in [5, 5.41) is 11.6. The summed E-state index contributed by atoms with van der Waals surface area (Å²) < 4.78 is 2.18. The second kappa shape index (κ2) is 8.45. The third-order valence-electron chi connectivity index (χ3n) is 6.47. The first kappa shape index (κ1) is 21.7. The minimum absolute atomic E-state index is 0.0809. The predicted molar refractivity (Wildman–Crippen MR) is 137 cm³/mol. The van der Waals surface area contributed by atoms with Gasteiger partial charge in [-0.1, -0.05) is 77.5 Å². The maximum absolute atomic E-state index is 13.7. The molecule has 35 heavy (non-hydrogen) atoms. The van der Waals surface area contributed by atoms with E-state index in [4.69, 9.17) is 16.6 Å². The molecule has 0 radical (unpaired) electrons. The zero-order valence-corrected chi connectivity index (χ0v) is 19.9. The van der Waals surface area contributed by atoms with E-state index in [1.54, 1.807) is 10.6 Å². The summed E-state index contributed by atoms with van der Waals surface area (Å²) in [6.45, 7) is 0. The number of hydrogen-bond donors (Lipinski definition) is 0. The first-order chi connectivity index (χ1) is 17.0. The van der Waals surface area contributed by atoms with Gasteiger partial charge in [-0.15, -0.1) is 0 Å². The van der Waals surface area contributed by atoms with Crippen molar-refractivity contribution in [2.75, 3.05) is 0 Å². The summed E-state index contributed by atoms with van der Waals surface area (Å²) in [6, 6.07) is 22.2. The quantitative estimate of drug-likeness (QED) is 0.298. The fraction of sp³-hybridized carbons (Fsp3) is 0.111. The van der Waals surface area contributed by atoms with E-state index < -0.39 is 4.92 Å². The highest BCUT2D eigenvalue weighted by molar-refractivity contribution is 7.07. The van der Waals surface area contributed by atoms with Crippen LogP contribution in [0.4, 0.5) is 5.69 Å². The highest BCUT2D eigenvalue weighted by Gasteiger charge is 2.32. The lowest BCUT2D eigenvalue weighted by Crippen LogP contribution is -2.38. The molecule has 0 saturated carbocycles. The van der Waals surface area contributed by atoms with E-state index in [9.17, 15) is 14.9 Å². The van der Waals surface area contributed by atoms with Gasteiger partial charge < -0.3 is 0 Å².